The maximum absolute atomic E-state index is 13.3. The fourth-order valence-electron chi connectivity index (χ4n) is 6.27. The lowest BCUT2D eigenvalue weighted by Gasteiger charge is -2.39. The van der Waals surface area contributed by atoms with E-state index in [1.54, 1.807) is 4.57 Å². The molecule has 6 heteroatoms. The van der Waals surface area contributed by atoms with Gasteiger partial charge < -0.3 is 15.1 Å². The van der Waals surface area contributed by atoms with Gasteiger partial charge >= 0.3 is 5.69 Å². The molecule has 5 rings (SSSR count). The van der Waals surface area contributed by atoms with Crippen molar-refractivity contribution in [3.63, 3.8) is 0 Å². The van der Waals surface area contributed by atoms with Crippen molar-refractivity contribution in [1.29, 1.82) is 0 Å². The molecule has 164 valence electrons. The van der Waals surface area contributed by atoms with Gasteiger partial charge in [-0.25, -0.2) is 4.79 Å². The normalized spacial score (nSPS) is 24.8. The van der Waals surface area contributed by atoms with Gasteiger partial charge in [0, 0.05) is 25.7 Å². The quantitative estimate of drug-likeness (QED) is 0.764. The summed E-state index contributed by atoms with van der Waals surface area (Å²) < 4.78 is 3.51. The molecule has 1 atom stereocenters. The summed E-state index contributed by atoms with van der Waals surface area (Å²) >= 11 is 0. The molecule has 1 aliphatic heterocycles. The summed E-state index contributed by atoms with van der Waals surface area (Å²) in [7, 11) is 0. The van der Waals surface area contributed by atoms with Gasteiger partial charge in [-0.3, -0.25) is 9.13 Å². The molecule has 6 nitrogen and oxygen atoms in total. The lowest BCUT2D eigenvalue weighted by Crippen LogP contribution is -2.42. The van der Waals surface area contributed by atoms with Crippen molar-refractivity contribution in [3.8, 4) is 0 Å². The molecular weight excluding hydrogens is 378 g/mol. The van der Waals surface area contributed by atoms with Crippen LogP contribution in [0.3, 0.4) is 0 Å². The Morgan fingerprint density at radius 3 is 2.33 bits per heavy atom. The number of hydrogen-bond donors (Lipinski definition) is 2. The minimum absolute atomic E-state index is 0.105. The summed E-state index contributed by atoms with van der Waals surface area (Å²) in [6, 6.07) is 7.37. The van der Waals surface area contributed by atoms with Crippen LogP contribution in [-0.2, 0) is 0 Å². The zero-order valence-electron chi connectivity index (χ0n) is 17.9. The van der Waals surface area contributed by atoms with E-state index in [1.165, 1.54) is 45.1 Å². The van der Waals surface area contributed by atoms with Gasteiger partial charge in [0.2, 0.25) is 0 Å². The lowest BCUT2D eigenvalue weighted by molar-refractivity contribution is 0.107. The number of aromatic nitrogens is 2. The number of imidazole rings is 1. The number of likely N-dealkylation sites (tertiary alicyclic amines) is 1. The van der Waals surface area contributed by atoms with Crippen molar-refractivity contribution < 1.29 is 10.2 Å². The van der Waals surface area contributed by atoms with E-state index >= 15 is 0 Å². The summed E-state index contributed by atoms with van der Waals surface area (Å²) in [5.74, 6) is 0.877. The van der Waals surface area contributed by atoms with Crippen molar-refractivity contribution >= 4 is 11.0 Å². The molecular formula is C24H35N3O3. The van der Waals surface area contributed by atoms with Crippen molar-refractivity contribution in [2.45, 2.75) is 63.5 Å². The van der Waals surface area contributed by atoms with Crippen molar-refractivity contribution in [2.75, 3.05) is 32.8 Å². The highest BCUT2D eigenvalue weighted by molar-refractivity contribution is 5.76. The van der Waals surface area contributed by atoms with Gasteiger partial charge in [-0.05, 0) is 62.0 Å². The summed E-state index contributed by atoms with van der Waals surface area (Å²) in [6.45, 7) is 2.84. The molecule has 0 radical (unpaired) electrons. The summed E-state index contributed by atoms with van der Waals surface area (Å²) in [4.78, 5) is 16.0. The Hall–Kier alpha value is -1.63. The monoisotopic (exact) mass is 413 g/mol. The van der Waals surface area contributed by atoms with Crippen LogP contribution in [0.1, 0.15) is 63.5 Å². The first-order valence-corrected chi connectivity index (χ1v) is 11.8. The van der Waals surface area contributed by atoms with Crippen LogP contribution in [-0.4, -0.2) is 57.1 Å². The van der Waals surface area contributed by atoms with Gasteiger partial charge in [0.1, 0.15) is 0 Å². The SMILES string of the molecule is O=c1n(C(CO)CO)c2ccccc2n1C1CCN(C[C@H]2CCCCC23CC3)CC1. The third kappa shape index (κ3) is 3.43. The van der Waals surface area contributed by atoms with Gasteiger partial charge in [-0.2, -0.15) is 0 Å². The Labute approximate surface area is 178 Å². The van der Waals surface area contributed by atoms with Crippen LogP contribution in [0.2, 0.25) is 0 Å². The highest BCUT2D eigenvalue weighted by Gasteiger charge is 2.50. The fraction of sp³-hybridized carbons (Fsp3) is 0.708. The Balaban J connectivity index is 1.34. The second-order valence-electron chi connectivity index (χ2n) is 9.87. The molecule has 0 bridgehead atoms. The second kappa shape index (κ2) is 8.13. The van der Waals surface area contributed by atoms with Gasteiger partial charge in [0.15, 0.2) is 0 Å². The lowest BCUT2D eigenvalue weighted by atomic mass is 9.76. The first-order chi connectivity index (χ1) is 14.7. The maximum atomic E-state index is 13.3. The smallest absolute Gasteiger partial charge is 0.329 e. The molecule has 0 unspecified atom stereocenters. The molecule has 2 aliphatic carbocycles. The molecule has 2 saturated carbocycles. The first-order valence-electron chi connectivity index (χ1n) is 11.8. The van der Waals surface area contributed by atoms with Crippen molar-refractivity contribution in [2.24, 2.45) is 11.3 Å². The Kier molecular flexibility index (Phi) is 5.50. The zero-order chi connectivity index (χ0) is 20.7. The van der Waals surface area contributed by atoms with Crippen molar-refractivity contribution in [3.05, 3.63) is 34.7 Å². The molecule has 2 aromatic rings. The largest absolute Gasteiger partial charge is 0.394 e. The van der Waals surface area contributed by atoms with E-state index in [4.69, 9.17) is 0 Å². The molecule has 1 spiro atoms. The first kappa shape index (κ1) is 20.3. The average molecular weight is 414 g/mol. The summed E-state index contributed by atoms with van der Waals surface area (Å²) in [6.07, 6.45) is 10.5. The van der Waals surface area contributed by atoms with E-state index < -0.39 is 6.04 Å². The molecule has 1 aromatic carbocycles. The van der Waals surface area contributed by atoms with E-state index in [-0.39, 0.29) is 24.9 Å². The molecule has 3 aliphatic rings. The molecule has 0 amide bonds. The average Bonchev–Trinajstić information content (AvgIpc) is 3.49. The predicted octanol–water partition coefficient (Wildman–Crippen LogP) is 2.94. The Morgan fingerprint density at radius 2 is 1.67 bits per heavy atom. The third-order valence-corrected chi connectivity index (χ3v) is 8.24. The van der Waals surface area contributed by atoms with E-state index in [0.29, 0.717) is 5.41 Å². The highest BCUT2D eigenvalue weighted by atomic mass is 16.3. The van der Waals surface area contributed by atoms with Gasteiger partial charge in [0.05, 0.1) is 30.3 Å². The topological polar surface area (TPSA) is 70.6 Å². The minimum Gasteiger partial charge on any atom is -0.394 e. The number of rotatable bonds is 6. The number of piperidine rings is 1. The van der Waals surface area contributed by atoms with Crippen LogP contribution in [0, 0.1) is 11.3 Å². The number of benzene rings is 1. The second-order valence-corrected chi connectivity index (χ2v) is 9.87. The fourth-order valence-corrected chi connectivity index (χ4v) is 6.27. The highest BCUT2D eigenvalue weighted by Crippen LogP contribution is 2.59. The number of nitrogens with zero attached hydrogens (tertiary/aromatic N) is 3. The predicted molar refractivity (Wildman–Crippen MR) is 118 cm³/mol. The van der Waals surface area contributed by atoms with Crippen LogP contribution < -0.4 is 5.69 Å². The molecule has 3 fully saturated rings. The number of aliphatic hydroxyl groups excluding tert-OH is 2. The van der Waals surface area contributed by atoms with Gasteiger partial charge in [0.25, 0.3) is 0 Å². The van der Waals surface area contributed by atoms with Crippen LogP contribution in [0.4, 0.5) is 0 Å². The zero-order valence-corrected chi connectivity index (χ0v) is 17.9. The molecule has 1 aromatic heterocycles. The summed E-state index contributed by atoms with van der Waals surface area (Å²) in [5, 5.41) is 19.4. The van der Waals surface area contributed by atoms with Crippen LogP contribution >= 0.6 is 0 Å². The van der Waals surface area contributed by atoms with E-state index in [1.807, 2.05) is 28.8 Å². The molecule has 30 heavy (non-hydrogen) atoms. The molecule has 2 heterocycles. The maximum Gasteiger partial charge on any atom is 0.329 e. The number of para-hydroxylation sites is 2. The Bertz CT molecular complexity index is 933. The number of aliphatic hydroxyl groups is 2. The minimum atomic E-state index is -0.593. The standard InChI is InChI=1S/C24H35N3O3/c28-16-20(17-29)27-22-7-2-1-6-21(22)26(23(27)30)19-8-13-25(14-9-19)15-18-5-3-4-10-24(18)11-12-24/h1-2,6-7,18-20,28-29H,3-5,8-17H2/t18-/m1/s1. The van der Waals surface area contributed by atoms with E-state index in [2.05, 4.69) is 4.90 Å². The van der Waals surface area contributed by atoms with Crippen molar-refractivity contribution in [1.82, 2.24) is 14.0 Å². The van der Waals surface area contributed by atoms with E-state index in [0.717, 1.165) is 42.9 Å². The number of hydrogen-bond acceptors (Lipinski definition) is 4. The van der Waals surface area contributed by atoms with Crippen LogP contribution in [0.15, 0.2) is 29.1 Å². The molecule has 1 saturated heterocycles. The Morgan fingerprint density at radius 1 is 0.967 bits per heavy atom. The van der Waals surface area contributed by atoms with Gasteiger partial charge in [-0.15, -0.1) is 0 Å². The van der Waals surface area contributed by atoms with Gasteiger partial charge in [-0.1, -0.05) is 25.0 Å². The van der Waals surface area contributed by atoms with Crippen LogP contribution in [0.5, 0.6) is 0 Å². The van der Waals surface area contributed by atoms with E-state index in [9.17, 15) is 15.0 Å². The number of fused-ring (bicyclic) bond motifs is 1. The third-order valence-electron chi connectivity index (χ3n) is 8.24. The summed E-state index contributed by atoms with van der Waals surface area (Å²) in [5.41, 5.74) is 2.29. The molecule has 2 N–H and O–H groups in total. The van der Waals surface area contributed by atoms with Crippen LogP contribution in [0.25, 0.3) is 11.0 Å².